The lowest BCUT2D eigenvalue weighted by Crippen LogP contribution is -2.32. The van der Waals surface area contributed by atoms with Gasteiger partial charge in [-0.25, -0.2) is 4.68 Å². The molecule has 2 atom stereocenters. The molecule has 4 aromatic rings. The maximum atomic E-state index is 6.67. The van der Waals surface area contributed by atoms with Crippen LogP contribution < -0.4 is 24.3 Å². The van der Waals surface area contributed by atoms with E-state index in [0.717, 1.165) is 33.7 Å². The van der Waals surface area contributed by atoms with Crippen LogP contribution in [0.5, 0.6) is 23.0 Å². The van der Waals surface area contributed by atoms with E-state index in [9.17, 15) is 0 Å². The molecular weight excluding hydrogens is 446 g/mol. The summed E-state index contributed by atoms with van der Waals surface area (Å²) in [6.45, 7) is 0. The minimum Gasteiger partial charge on any atom is -0.493 e. The summed E-state index contributed by atoms with van der Waals surface area (Å²) in [5.41, 5.74) is 4.67. The number of fused-ring (bicyclic) bond motifs is 3. The highest BCUT2D eigenvalue weighted by Crippen LogP contribution is 2.52. The Morgan fingerprint density at radius 1 is 0.943 bits per heavy atom. The fourth-order valence-electron chi connectivity index (χ4n) is 4.80. The lowest BCUT2D eigenvalue weighted by Gasteiger charge is -2.39. The number of methoxy groups -OCH3 is 3. The van der Waals surface area contributed by atoms with Gasteiger partial charge in [0.2, 0.25) is 11.7 Å². The molecule has 1 N–H and O–H groups in total. The second-order valence-electron chi connectivity index (χ2n) is 8.13. The van der Waals surface area contributed by atoms with E-state index in [1.807, 2.05) is 59.4 Å². The van der Waals surface area contributed by atoms with Crippen molar-refractivity contribution in [2.45, 2.75) is 12.1 Å². The van der Waals surface area contributed by atoms with Crippen molar-refractivity contribution in [3.8, 4) is 23.0 Å². The number of pyridine rings is 1. The van der Waals surface area contributed by atoms with E-state index in [2.05, 4.69) is 20.4 Å². The number of aromatic nitrogens is 4. The molecule has 2 aromatic heterocycles. The third kappa shape index (κ3) is 3.27. The average Bonchev–Trinajstić information content (AvgIpc) is 3.39. The van der Waals surface area contributed by atoms with Gasteiger partial charge in [0, 0.05) is 29.1 Å². The lowest BCUT2D eigenvalue weighted by molar-refractivity contribution is 0.221. The van der Waals surface area contributed by atoms with Crippen molar-refractivity contribution in [1.82, 2.24) is 19.7 Å². The Bertz CT molecular complexity index is 1410. The number of benzene rings is 2. The Morgan fingerprint density at radius 3 is 2.46 bits per heavy atom. The van der Waals surface area contributed by atoms with E-state index < -0.39 is 6.10 Å². The van der Waals surface area contributed by atoms with E-state index in [1.165, 1.54) is 0 Å². The van der Waals surface area contributed by atoms with Gasteiger partial charge in [0.15, 0.2) is 11.5 Å². The molecule has 4 heterocycles. The summed E-state index contributed by atoms with van der Waals surface area (Å²) < 4.78 is 25.4. The third-order valence-electron chi connectivity index (χ3n) is 6.31. The monoisotopic (exact) mass is 469 g/mol. The molecule has 0 radical (unpaired) electrons. The summed E-state index contributed by atoms with van der Waals surface area (Å²) in [5, 5.41) is 8.04. The number of para-hydroxylation sites is 1. The predicted molar refractivity (Wildman–Crippen MR) is 129 cm³/mol. The van der Waals surface area contributed by atoms with Crippen LogP contribution in [0, 0.1) is 0 Å². The summed E-state index contributed by atoms with van der Waals surface area (Å²) in [6.07, 6.45) is 4.67. The summed E-state index contributed by atoms with van der Waals surface area (Å²) in [5.74, 6) is 3.03. The van der Waals surface area contributed by atoms with Crippen LogP contribution in [-0.2, 0) is 0 Å². The molecule has 6 rings (SSSR count). The van der Waals surface area contributed by atoms with Crippen molar-refractivity contribution in [1.29, 1.82) is 0 Å². The van der Waals surface area contributed by atoms with E-state index in [1.54, 1.807) is 33.9 Å². The van der Waals surface area contributed by atoms with Crippen molar-refractivity contribution in [2.75, 3.05) is 26.6 Å². The van der Waals surface area contributed by atoms with Crippen LogP contribution in [0.25, 0.3) is 5.70 Å². The van der Waals surface area contributed by atoms with Gasteiger partial charge in [-0.05, 0) is 35.9 Å². The third-order valence-corrected chi connectivity index (χ3v) is 6.31. The van der Waals surface area contributed by atoms with Gasteiger partial charge in [0.1, 0.15) is 24.2 Å². The van der Waals surface area contributed by atoms with Crippen LogP contribution in [0.15, 0.2) is 72.8 Å². The molecule has 0 aliphatic carbocycles. The molecule has 0 saturated heterocycles. The van der Waals surface area contributed by atoms with Crippen molar-refractivity contribution >= 4 is 11.6 Å². The van der Waals surface area contributed by atoms with Gasteiger partial charge in [0.05, 0.1) is 27.0 Å². The van der Waals surface area contributed by atoms with Gasteiger partial charge in [-0.3, -0.25) is 4.98 Å². The second kappa shape index (κ2) is 8.35. The molecule has 2 aromatic carbocycles. The Kier molecular flexibility index (Phi) is 5.02. The molecule has 0 bridgehead atoms. The van der Waals surface area contributed by atoms with Crippen LogP contribution in [0.4, 0.5) is 5.95 Å². The summed E-state index contributed by atoms with van der Waals surface area (Å²) in [6, 6.07) is 15.4. The Labute approximate surface area is 202 Å². The van der Waals surface area contributed by atoms with E-state index in [-0.39, 0.29) is 6.04 Å². The molecule has 0 saturated carbocycles. The van der Waals surface area contributed by atoms with Crippen molar-refractivity contribution in [3.05, 3.63) is 89.5 Å². The first kappa shape index (κ1) is 21.0. The molecule has 9 nitrogen and oxygen atoms in total. The van der Waals surface area contributed by atoms with Gasteiger partial charge in [-0.1, -0.05) is 18.2 Å². The zero-order valence-electron chi connectivity index (χ0n) is 19.4. The topological polar surface area (TPSA) is 92.6 Å². The van der Waals surface area contributed by atoms with Gasteiger partial charge in [0.25, 0.3) is 0 Å². The van der Waals surface area contributed by atoms with Crippen LogP contribution in [0.2, 0.25) is 0 Å². The number of nitrogens with zero attached hydrogens (tertiary/aromatic N) is 4. The van der Waals surface area contributed by atoms with Crippen molar-refractivity contribution in [3.63, 3.8) is 0 Å². The Morgan fingerprint density at radius 2 is 1.74 bits per heavy atom. The first-order valence-corrected chi connectivity index (χ1v) is 11.1. The molecule has 0 amide bonds. The first-order valence-electron chi connectivity index (χ1n) is 11.1. The van der Waals surface area contributed by atoms with Crippen molar-refractivity contribution < 1.29 is 18.9 Å². The minimum absolute atomic E-state index is 0.296. The normalized spacial score (nSPS) is 17.9. The molecule has 176 valence electrons. The second-order valence-corrected chi connectivity index (χ2v) is 8.13. The smallest absolute Gasteiger partial charge is 0.226 e. The SMILES string of the molecule is COc1cc([C@@H]2Oc3ccccc3C3=C2[C@@H](c2cccnc2)n2ncnc2N3)cc(OC)c1OC. The van der Waals surface area contributed by atoms with Crippen LogP contribution >= 0.6 is 0 Å². The Balaban J connectivity index is 1.62. The molecule has 2 aliphatic rings. The zero-order chi connectivity index (χ0) is 23.9. The quantitative estimate of drug-likeness (QED) is 0.464. The number of nitrogens with one attached hydrogen (secondary N) is 1. The van der Waals surface area contributed by atoms with Crippen LogP contribution in [0.3, 0.4) is 0 Å². The fraction of sp³-hybridized carbons (Fsp3) is 0.192. The van der Waals surface area contributed by atoms with Crippen LogP contribution in [-0.4, -0.2) is 41.1 Å². The van der Waals surface area contributed by atoms with E-state index in [0.29, 0.717) is 23.2 Å². The molecule has 9 heteroatoms. The van der Waals surface area contributed by atoms with Gasteiger partial charge < -0.3 is 24.3 Å². The van der Waals surface area contributed by atoms with Crippen LogP contribution in [0.1, 0.15) is 28.8 Å². The van der Waals surface area contributed by atoms with Gasteiger partial charge in [-0.15, -0.1) is 0 Å². The maximum Gasteiger partial charge on any atom is 0.226 e. The zero-order valence-corrected chi connectivity index (χ0v) is 19.4. The number of anilines is 1. The highest BCUT2D eigenvalue weighted by Gasteiger charge is 2.41. The predicted octanol–water partition coefficient (Wildman–Crippen LogP) is 4.26. The first-order chi connectivity index (χ1) is 17.2. The minimum atomic E-state index is -0.483. The average molecular weight is 470 g/mol. The summed E-state index contributed by atoms with van der Waals surface area (Å²) in [7, 11) is 4.79. The van der Waals surface area contributed by atoms with E-state index >= 15 is 0 Å². The molecular formula is C26H23N5O4. The maximum absolute atomic E-state index is 6.67. The number of ether oxygens (including phenoxy) is 4. The van der Waals surface area contributed by atoms with E-state index in [4.69, 9.17) is 18.9 Å². The molecule has 35 heavy (non-hydrogen) atoms. The summed E-state index contributed by atoms with van der Waals surface area (Å²) in [4.78, 5) is 8.83. The molecule has 0 spiro atoms. The van der Waals surface area contributed by atoms with Gasteiger partial charge in [-0.2, -0.15) is 10.1 Å². The lowest BCUT2D eigenvalue weighted by atomic mass is 9.85. The highest BCUT2D eigenvalue weighted by atomic mass is 16.5. The fourth-order valence-corrected chi connectivity index (χ4v) is 4.80. The number of rotatable bonds is 5. The summed E-state index contributed by atoms with van der Waals surface area (Å²) >= 11 is 0. The largest absolute Gasteiger partial charge is 0.493 e. The van der Waals surface area contributed by atoms with Crippen molar-refractivity contribution in [2.24, 2.45) is 0 Å². The number of hydrogen-bond donors (Lipinski definition) is 1. The van der Waals surface area contributed by atoms with Gasteiger partial charge >= 0.3 is 0 Å². The molecule has 0 fully saturated rings. The Hall–Kier alpha value is -4.53. The highest BCUT2D eigenvalue weighted by molar-refractivity contribution is 5.85. The standard InChI is InChI=1S/C26H23N5O4/c1-32-19-11-16(12-20(33-2)25(19)34-3)24-21-22(17-8-4-5-9-18(17)35-24)30-26-28-14-29-31(26)23(21)15-7-6-10-27-13-15/h4-14,23-24H,1-3H3,(H,28,29,30)/t23-,24+/m1/s1. The molecule has 2 aliphatic heterocycles. The number of hydrogen-bond acceptors (Lipinski definition) is 8. The molecule has 0 unspecified atom stereocenters.